The number of aryl methyl sites for hydroxylation is 1. The Hall–Kier alpha value is -2.47. The Bertz CT molecular complexity index is 626. The number of benzene rings is 2. The van der Waals surface area contributed by atoms with Crippen molar-refractivity contribution in [1.29, 1.82) is 5.26 Å². The number of hydrogen-bond acceptors (Lipinski definition) is 3. The van der Waals surface area contributed by atoms with Crippen LogP contribution in [0.3, 0.4) is 0 Å². The zero-order valence-electron chi connectivity index (χ0n) is 11.1. The van der Waals surface area contributed by atoms with Crippen LogP contribution in [0.1, 0.15) is 29.7 Å². The molecule has 96 valence electrons. The van der Waals surface area contributed by atoms with E-state index in [0.29, 0.717) is 5.56 Å². The summed E-state index contributed by atoms with van der Waals surface area (Å²) in [5.74, 6) is 0. The molecule has 0 heterocycles. The lowest BCUT2D eigenvalue weighted by Crippen LogP contribution is -2.10. The minimum absolute atomic E-state index is 0.0510. The Morgan fingerprint density at radius 1 is 1.21 bits per heavy atom. The smallest absolute Gasteiger partial charge is 0.101 e. The molecule has 0 aliphatic carbocycles. The Labute approximate surface area is 113 Å². The van der Waals surface area contributed by atoms with Crippen molar-refractivity contribution in [2.75, 3.05) is 11.1 Å². The maximum atomic E-state index is 9.13. The molecule has 2 rings (SSSR count). The first-order valence-corrected chi connectivity index (χ1v) is 6.23. The molecule has 2 aromatic rings. The highest BCUT2D eigenvalue weighted by atomic mass is 14.9. The number of rotatable bonds is 3. The van der Waals surface area contributed by atoms with Crippen LogP contribution in [-0.2, 0) is 0 Å². The van der Waals surface area contributed by atoms with Gasteiger partial charge in [0, 0.05) is 5.69 Å². The van der Waals surface area contributed by atoms with Gasteiger partial charge in [0.15, 0.2) is 0 Å². The summed E-state index contributed by atoms with van der Waals surface area (Å²) in [4.78, 5) is 0. The van der Waals surface area contributed by atoms with E-state index in [2.05, 4.69) is 11.4 Å². The number of nitrogens with zero attached hydrogens (tertiary/aromatic N) is 1. The minimum Gasteiger partial charge on any atom is -0.398 e. The second kappa shape index (κ2) is 5.45. The molecule has 0 amide bonds. The van der Waals surface area contributed by atoms with Gasteiger partial charge in [-0.15, -0.1) is 0 Å². The van der Waals surface area contributed by atoms with Crippen molar-refractivity contribution < 1.29 is 0 Å². The van der Waals surface area contributed by atoms with Crippen molar-refractivity contribution in [2.24, 2.45) is 0 Å². The highest BCUT2D eigenvalue weighted by Gasteiger charge is 2.10. The Morgan fingerprint density at radius 2 is 1.95 bits per heavy atom. The first-order valence-electron chi connectivity index (χ1n) is 6.23. The third-order valence-corrected chi connectivity index (χ3v) is 3.13. The van der Waals surface area contributed by atoms with Gasteiger partial charge in [0.25, 0.3) is 0 Å². The third-order valence-electron chi connectivity index (χ3n) is 3.13. The molecule has 0 radical (unpaired) electrons. The molecule has 0 saturated carbocycles. The van der Waals surface area contributed by atoms with Crippen molar-refractivity contribution in [3.63, 3.8) is 0 Å². The van der Waals surface area contributed by atoms with Gasteiger partial charge in [-0.25, -0.2) is 0 Å². The fraction of sp³-hybridized carbons (Fsp3) is 0.188. The molecule has 2 aromatic carbocycles. The lowest BCUT2D eigenvalue weighted by atomic mass is 10.0. The van der Waals surface area contributed by atoms with Gasteiger partial charge in [-0.2, -0.15) is 5.26 Å². The predicted molar refractivity (Wildman–Crippen MR) is 78.8 cm³/mol. The van der Waals surface area contributed by atoms with Crippen LogP contribution in [0.4, 0.5) is 11.4 Å². The molecular formula is C16H17N3. The SMILES string of the molecule is Cc1ccc(C#N)c(NC(C)c2ccccc2N)c1. The van der Waals surface area contributed by atoms with Gasteiger partial charge in [-0.3, -0.25) is 0 Å². The largest absolute Gasteiger partial charge is 0.398 e. The van der Waals surface area contributed by atoms with Crippen molar-refractivity contribution in [1.82, 2.24) is 0 Å². The lowest BCUT2D eigenvalue weighted by molar-refractivity contribution is 0.887. The van der Waals surface area contributed by atoms with Gasteiger partial charge in [0.2, 0.25) is 0 Å². The van der Waals surface area contributed by atoms with Gasteiger partial charge < -0.3 is 11.1 Å². The van der Waals surface area contributed by atoms with Crippen LogP contribution in [0, 0.1) is 18.3 Å². The lowest BCUT2D eigenvalue weighted by Gasteiger charge is -2.18. The maximum Gasteiger partial charge on any atom is 0.101 e. The van der Waals surface area contributed by atoms with Gasteiger partial charge in [-0.1, -0.05) is 24.3 Å². The van der Waals surface area contributed by atoms with Gasteiger partial charge >= 0.3 is 0 Å². The summed E-state index contributed by atoms with van der Waals surface area (Å²) in [6, 6.07) is 15.8. The molecule has 0 fully saturated rings. The van der Waals surface area contributed by atoms with Crippen molar-refractivity contribution in [3.05, 3.63) is 59.2 Å². The first-order chi connectivity index (χ1) is 9.11. The molecule has 0 spiro atoms. The number of nitrogens with one attached hydrogen (secondary N) is 1. The Kier molecular flexibility index (Phi) is 3.72. The normalized spacial score (nSPS) is 11.6. The molecule has 3 nitrogen and oxygen atoms in total. The first kappa shape index (κ1) is 13.0. The molecule has 1 atom stereocenters. The predicted octanol–water partition coefficient (Wildman–Crippen LogP) is 3.62. The third kappa shape index (κ3) is 2.86. The molecule has 3 N–H and O–H groups in total. The second-order valence-electron chi connectivity index (χ2n) is 4.66. The summed E-state index contributed by atoms with van der Waals surface area (Å²) in [7, 11) is 0. The summed E-state index contributed by atoms with van der Waals surface area (Å²) in [6.45, 7) is 4.04. The van der Waals surface area contributed by atoms with Crippen LogP contribution >= 0.6 is 0 Å². The standard InChI is InChI=1S/C16H17N3/c1-11-7-8-13(10-17)16(9-11)19-12(2)14-5-3-4-6-15(14)18/h3-9,12,19H,18H2,1-2H3. The van der Waals surface area contributed by atoms with Crippen LogP contribution in [0.5, 0.6) is 0 Å². The van der Waals surface area contributed by atoms with Gasteiger partial charge in [0.05, 0.1) is 17.3 Å². The average Bonchev–Trinajstić information content (AvgIpc) is 2.39. The molecule has 0 aliphatic rings. The molecule has 0 aliphatic heterocycles. The van der Waals surface area contributed by atoms with E-state index in [1.807, 2.05) is 56.3 Å². The van der Waals surface area contributed by atoms with E-state index < -0.39 is 0 Å². The molecular weight excluding hydrogens is 234 g/mol. The van der Waals surface area contributed by atoms with Crippen LogP contribution < -0.4 is 11.1 Å². The van der Waals surface area contributed by atoms with Crippen LogP contribution in [0.2, 0.25) is 0 Å². The summed E-state index contributed by atoms with van der Waals surface area (Å²) in [5.41, 5.74) is 10.4. The van der Waals surface area contributed by atoms with Crippen molar-refractivity contribution >= 4 is 11.4 Å². The van der Waals surface area contributed by atoms with Crippen molar-refractivity contribution in [2.45, 2.75) is 19.9 Å². The van der Waals surface area contributed by atoms with Crippen LogP contribution in [0.25, 0.3) is 0 Å². The van der Waals surface area contributed by atoms with E-state index in [1.165, 1.54) is 0 Å². The fourth-order valence-corrected chi connectivity index (χ4v) is 2.09. The molecule has 19 heavy (non-hydrogen) atoms. The quantitative estimate of drug-likeness (QED) is 0.819. The maximum absolute atomic E-state index is 9.13. The second-order valence-corrected chi connectivity index (χ2v) is 4.66. The number of para-hydroxylation sites is 1. The highest BCUT2D eigenvalue weighted by Crippen LogP contribution is 2.26. The Balaban J connectivity index is 2.29. The summed E-state index contributed by atoms with van der Waals surface area (Å²) >= 11 is 0. The molecule has 0 saturated heterocycles. The van der Waals surface area contributed by atoms with E-state index in [0.717, 1.165) is 22.5 Å². The number of nitrogens with two attached hydrogens (primary N) is 1. The highest BCUT2D eigenvalue weighted by molar-refractivity contribution is 5.61. The monoisotopic (exact) mass is 251 g/mol. The fourth-order valence-electron chi connectivity index (χ4n) is 2.09. The minimum atomic E-state index is 0.0510. The number of nitrogen functional groups attached to an aromatic ring is 1. The van der Waals surface area contributed by atoms with E-state index in [1.54, 1.807) is 0 Å². The summed E-state index contributed by atoms with van der Waals surface area (Å²) in [6.07, 6.45) is 0. The number of hydrogen-bond donors (Lipinski definition) is 2. The van der Waals surface area contributed by atoms with Crippen molar-refractivity contribution in [3.8, 4) is 6.07 Å². The summed E-state index contributed by atoms with van der Waals surface area (Å²) < 4.78 is 0. The number of anilines is 2. The molecule has 0 aromatic heterocycles. The van der Waals surface area contributed by atoms with Crippen LogP contribution in [-0.4, -0.2) is 0 Å². The van der Waals surface area contributed by atoms with E-state index in [-0.39, 0.29) is 6.04 Å². The van der Waals surface area contributed by atoms with Gasteiger partial charge in [0.1, 0.15) is 6.07 Å². The zero-order valence-corrected chi connectivity index (χ0v) is 11.1. The number of nitriles is 1. The average molecular weight is 251 g/mol. The summed E-state index contributed by atoms with van der Waals surface area (Å²) in [5, 5.41) is 12.5. The topological polar surface area (TPSA) is 61.8 Å². The molecule has 1 unspecified atom stereocenters. The zero-order chi connectivity index (χ0) is 13.8. The van der Waals surface area contributed by atoms with E-state index in [4.69, 9.17) is 11.0 Å². The van der Waals surface area contributed by atoms with E-state index in [9.17, 15) is 0 Å². The Morgan fingerprint density at radius 3 is 2.63 bits per heavy atom. The van der Waals surface area contributed by atoms with Crippen LogP contribution in [0.15, 0.2) is 42.5 Å². The van der Waals surface area contributed by atoms with Gasteiger partial charge in [-0.05, 0) is 43.2 Å². The molecule has 0 bridgehead atoms. The molecule has 3 heteroatoms. The van der Waals surface area contributed by atoms with E-state index >= 15 is 0 Å².